The molecule has 0 fully saturated rings. The molecule has 2 amide bonds. The van der Waals surface area contributed by atoms with E-state index in [1.165, 1.54) is 18.8 Å². The summed E-state index contributed by atoms with van der Waals surface area (Å²) in [4.78, 5) is 52.4. The van der Waals surface area contributed by atoms with Crippen LogP contribution in [-0.4, -0.2) is 112 Å². The number of fused-ring (bicyclic) bond motifs is 3. The number of oxazole rings is 1. The van der Waals surface area contributed by atoms with Gasteiger partial charge >= 0.3 is 0 Å². The van der Waals surface area contributed by atoms with Crippen LogP contribution in [0, 0.1) is 0 Å². The molecule has 1 aliphatic rings. The van der Waals surface area contributed by atoms with Crippen LogP contribution in [0.3, 0.4) is 0 Å². The molecular formula is C35H42N10O6. The maximum Gasteiger partial charge on any atom is 0.292 e. The van der Waals surface area contributed by atoms with E-state index in [2.05, 4.69) is 38.5 Å². The third kappa shape index (κ3) is 8.83. The highest BCUT2D eigenvalue weighted by molar-refractivity contribution is 5.99. The second-order valence-electron chi connectivity index (χ2n) is 12.6. The Morgan fingerprint density at radius 1 is 1.00 bits per heavy atom. The fourth-order valence-electron chi connectivity index (χ4n) is 6.17. The molecule has 16 heteroatoms. The van der Waals surface area contributed by atoms with Gasteiger partial charge < -0.3 is 35.6 Å². The number of benzene rings is 2. The molecule has 4 heterocycles. The van der Waals surface area contributed by atoms with Gasteiger partial charge in [-0.2, -0.15) is 10.1 Å². The summed E-state index contributed by atoms with van der Waals surface area (Å²) in [7, 11) is 1.72. The number of aromatic nitrogens is 5. The van der Waals surface area contributed by atoms with E-state index in [0.29, 0.717) is 86.3 Å². The first kappa shape index (κ1) is 35.4. The number of nitrogens with two attached hydrogens (primary N) is 2. The first-order chi connectivity index (χ1) is 24.6. The first-order valence-corrected chi connectivity index (χ1v) is 16.8. The van der Waals surface area contributed by atoms with Crippen molar-refractivity contribution in [1.82, 2.24) is 39.8 Å². The lowest BCUT2D eigenvalue weighted by molar-refractivity contribution is -0.133. The molecule has 3 aromatic heterocycles. The lowest BCUT2D eigenvalue weighted by atomic mass is 9.97. The molecule has 268 valence electrons. The number of anilines is 2. The van der Waals surface area contributed by atoms with Crippen molar-refractivity contribution in [2.45, 2.75) is 32.9 Å². The molecule has 51 heavy (non-hydrogen) atoms. The van der Waals surface area contributed by atoms with Crippen LogP contribution in [0.25, 0.3) is 33.4 Å². The van der Waals surface area contributed by atoms with Gasteiger partial charge in [0.15, 0.2) is 11.2 Å². The van der Waals surface area contributed by atoms with Gasteiger partial charge in [-0.05, 0) is 55.3 Å². The van der Waals surface area contributed by atoms with Crippen LogP contribution in [-0.2, 0) is 43.4 Å². The van der Waals surface area contributed by atoms with Crippen LogP contribution < -0.4 is 16.8 Å². The van der Waals surface area contributed by atoms with Crippen LogP contribution in [0.1, 0.15) is 30.0 Å². The molecule has 16 nitrogen and oxygen atoms in total. The van der Waals surface area contributed by atoms with Gasteiger partial charge in [-0.1, -0.05) is 18.2 Å². The van der Waals surface area contributed by atoms with E-state index in [-0.39, 0.29) is 43.1 Å². The molecule has 0 spiro atoms. The summed E-state index contributed by atoms with van der Waals surface area (Å²) in [6.07, 6.45) is 2.46. The molecule has 0 saturated carbocycles. The predicted molar refractivity (Wildman–Crippen MR) is 189 cm³/mol. The number of nitrogens with one attached hydrogen (secondary N) is 1. The minimum atomic E-state index is -0.164. The second kappa shape index (κ2) is 16.1. The van der Waals surface area contributed by atoms with Gasteiger partial charge in [-0.3, -0.25) is 19.3 Å². The molecule has 0 atom stereocenters. The van der Waals surface area contributed by atoms with E-state index >= 15 is 0 Å². The maximum atomic E-state index is 12.9. The zero-order chi connectivity index (χ0) is 35.9. The van der Waals surface area contributed by atoms with Crippen LogP contribution in [0.5, 0.6) is 0 Å². The number of ether oxygens (including phenoxy) is 2. The summed E-state index contributed by atoms with van der Waals surface area (Å²) in [5.41, 5.74) is 18.7. The van der Waals surface area contributed by atoms with Gasteiger partial charge in [-0.15, -0.1) is 0 Å². The highest BCUT2D eigenvalue weighted by Crippen LogP contribution is 2.33. The Balaban J connectivity index is 0.962. The fourth-order valence-corrected chi connectivity index (χ4v) is 6.17. The molecule has 0 saturated heterocycles. The van der Waals surface area contributed by atoms with E-state index in [1.54, 1.807) is 18.0 Å². The van der Waals surface area contributed by atoms with Gasteiger partial charge in [0, 0.05) is 25.2 Å². The van der Waals surface area contributed by atoms with E-state index < -0.39 is 0 Å². The van der Waals surface area contributed by atoms with Crippen molar-refractivity contribution in [2.75, 3.05) is 71.1 Å². The van der Waals surface area contributed by atoms with Gasteiger partial charge in [-0.25, -0.2) is 14.6 Å². The molecular weight excluding hydrogens is 656 g/mol. The monoisotopic (exact) mass is 698 g/mol. The third-order valence-electron chi connectivity index (χ3n) is 8.51. The Morgan fingerprint density at radius 3 is 2.65 bits per heavy atom. The number of nitrogens with zero attached hydrogens (tertiary/aromatic N) is 7. The second-order valence-corrected chi connectivity index (χ2v) is 12.6. The van der Waals surface area contributed by atoms with Gasteiger partial charge in [0.1, 0.15) is 29.1 Å². The predicted octanol–water partition coefficient (Wildman–Crippen LogP) is 1.79. The topological polar surface area (TPSA) is 210 Å². The number of likely N-dealkylation sites (N-methyl/N-ethyl adjacent to an activating group) is 1. The third-order valence-corrected chi connectivity index (χ3v) is 8.51. The molecule has 5 aromatic rings. The number of ketones is 1. The summed E-state index contributed by atoms with van der Waals surface area (Å²) < 4.78 is 18.4. The SMILES string of the molecule is CC(=O)CN(C)CC(=O)NCCOCCOCCC(=O)N1CCc2cc(Cn3nc(-c4ccc5oc(N)nc5c4)c4c(N)ncnc43)ccc2C1. The number of amides is 2. The molecule has 0 bridgehead atoms. The molecule has 0 aliphatic carbocycles. The van der Waals surface area contributed by atoms with Crippen molar-refractivity contribution >= 4 is 51.6 Å². The Bertz CT molecular complexity index is 2040. The average molecular weight is 699 g/mol. The summed E-state index contributed by atoms with van der Waals surface area (Å²) in [6.45, 7) is 5.24. The lowest BCUT2D eigenvalue weighted by Gasteiger charge is -2.29. The van der Waals surface area contributed by atoms with Crippen molar-refractivity contribution in [3.63, 3.8) is 0 Å². The molecule has 6 rings (SSSR count). The zero-order valence-electron chi connectivity index (χ0n) is 28.8. The number of carbonyl (C=O) groups is 3. The maximum absolute atomic E-state index is 12.9. The number of nitrogen functional groups attached to an aromatic ring is 2. The van der Waals surface area contributed by atoms with Crippen molar-refractivity contribution in [3.05, 3.63) is 59.4 Å². The largest absolute Gasteiger partial charge is 0.424 e. The summed E-state index contributed by atoms with van der Waals surface area (Å²) in [5, 5.41) is 8.32. The van der Waals surface area contributed by atoms with Crippen LogP contribution >= 0.6 is 0 Å². The normalized spacial score (nSPS) is 12.9. The zero-order valence-corrected chi connectivity index (χ0v) is 28.8. The minimum Gasteiger partial charge on any atom is -0.424 e. The summed E-state index contributed by atoms with van der Waals surface area (Å²) >= 11 is 0. The van der Waals surface area contributed by atoms with E-state index in [1.807, 2.05) is 21.7 Å². The lowest BCUT2D eigenvalue weighted by Crippen LogP contribution is -2.38. The van der Waals surface area contributed by atoms with Crippen molar-refractivity contribution in [3.8, 4) is 11.3 Å². The molecule has 5 N–H and O–H groups in total. The highest BCUT2D eigenvalue weighted by Gasteiger charge is 2.22. The number of Topliss-reactive ketones (excluding diaryl/α,β-unsaturated/α-hetero) is 1. The fraction of sp³-hybridized carbons (Fsp3) is 0.400. The average Bonchev–Trinajstić information content (AvgIpc) is 3.66. The van der Waals surface area contributed by atoms with Gasteiger partial charge in [0.2, 0.25) is 11.8 Å². The minimum absolute atomic E-state index is 0.00773. The van der Waals surface area contributed by atoms with E-state index in [9.17, 15) is 14.4 Å². The molecule has 2 aromatic carbocycles. The molecule has 1 aliphatic heterocycles. The number of rotatable bonds is 16. The van der Waals surface area contributed by atoms with Crippen LogP contribution in [0.4, 0.5) is 11.8 Å². The van der Waals surface area contributed by atoms with Crippen molar-refractivity contribution in [2.24, 2.45) is 0 Å². The molecule has 0 unspecified atom stereocenters. The van der Waals surface area contributed by atoms with Gasteiger partial charge in [0.05, 0.1) is 57.9 Å². The Kier molecular flexibility index (Phi) is 11.1. The smallest absolute Gasteiger partial charge is 0.292 e. The van der Waals surface area contributed by atoms with Crippen LogP contribution in [0.15, 0.2) is 47.1 Å². The van der Waals surface area contributed by atoms with E-state index in [0.717, 1.165) is 23.1 Å². The Morgan fingerprint density at radius 2 is 1.82 bits per heavy atom. The first-order valence-electron chi connectivity index (χ1n) is 16.8. The number of carbonyl (C=O) groups excluding carboxylic acids is 3. The Labute approximate surface area is 294 Å². The summed E-state index contributed by atoms with van der Waals surface area (Å²) in [5.74, 6) is 0.221. The Hall–Kier alpha value is -5.45. The van der Waals surface area contributed by atoms with Crippen LogP contribution in [0.2, 0.25) is 0 Å². The number of hydrogen-bond acceptors (Lipinski definition) is 13. The van der Waals surface area contributed by atoms with Gasteiger partial charge in [0.25, 0.3) is 6.01 Å². The standard InChI is InChI=1S/C35H42N10O6/c1-22(46)17-43(2)20-29(47)38-9-12-50-14-13-49-11-8-30(48)44-10-7-24-15-23(3-4-26(24)19-44)18-45-34-31(33(36)39-21-40-34)32(42-45)25-5-6-28-27(16-25)41-35(37)51-28/h3-6,15-16,21H,7-14,17-20H2,1-2H3,(H2,37,41)(H,38,47)(H2,36,39,40). The quantitative estimate of drug-likeness (QED) is 0.126. The highest BCUT2D eigenvalue weighted by atomic mass is 16.5. The number of hydrogen-bond donors (Lipinski definition) is 3. The van der Waals surface area contributed by atoms with Crippen molar-refractivity contribution < 1.29 is 28.3 Å². The van der Waals surface area contributed by atoms with E-state index in [4.69, 9.17) is 30.5 Å². The van der Waals surface area contributed by atoms with Crippen molar-refractivity contribution in [1.29, 1.82) is 0 Å². The molecule has 0 radical (unpaired) electrons. The summed E-state index contributed by atoms with van der Waals surface area (Å²) in [6, 6.07) is 11.9.